The van der Waals surface area contributed by atoms with Crippen molar-refractivity contribution in [3.63, 3.8) is 0 Å². The van der Waals surface area contributed by atoms with Crippen LogP contribution in [0.1, 0.15) is 36.4 Å². The van der Waals surface area contributed by atoms with Gasteiger partial charge >= 0.3 is 0 Å². The minimum atomic E-state index is -0.132. The number of benzene rings is 1. The van der Waals surface area contributed by atoms with Crippen molar-refractivity contribution in [2.45, 2.75) is 25.3 Å². The largest absolute Gasteiger partial charge is 0.506 e. The summed E-state index contributed by atoms with van der Waals surface area (Å²) in [6.07, 6.45) is 3.46. The lowest BCUT2D eigenvalue weighted by Crippen LogP contribution is -2.26. The molecule has 0 saturated heterocycles. The van der Waals surface area contributed by atoms with Gasteiger partial charge in [0.2, 0.25) is 0 Å². The molecule has 1 aromatic rings. The molecule has 0 aliphatic heterocycles. The summed E-state index contributed by atoms with van der Waals surface area (Å²) in [5.74, 6) is 0.518. The van der Waals surface area contributed by atoms with E-state index in [0.29, 0.717) is 17.0 Å². The van der Waals surface area contributed by atoms with E-state index in [-0.39, 0.29) is 24.2 Å². The molecule has 1 fully saturated rings. The van der Waals surface area contributed by atoms with Gasteiger partial charge in [0.25, 0.3) is 0 Å². The van der Waals surface area contributed by atoms with Gasteiger partial charge in [0.15, 0.2) is 0 Å². The second-order valence-electron chi connectivity index (χ2n) is 4.07. The molecule has 0 amide bonds. The minimum absolute atomic E-state index is 0. The summed E-state index contributed by atoms with van der Waals surface area (Å²) in [6, 6.07) is 7.01. The highest BCUT2D eigenvalue weighted by molar-refractivity contribution is 5.85. The highest BCUT2D eigenvalue weighted by Gasteiger charge is 2.27. The van der Waals surface area contributed by atoms with Crippen LogP contribution in [0, 0.1) is 17.2 Å². The first-order valence-corrected chi connectivity index (χ1v) is 5.21. The first kappa shape index (κ1) is 12.8. The van der Waals surface area contributed by atoms with Crippen LogP contribution in [0.3, 0.4) is 0 Å². The van der Waals surface area contributed by atoms with Gasteiger partial charge in [-0.05, 0) is 24.8 Å². The molecule has 3 nitrogen and oxygen atoms in total. The van der Waals surface area contributed by atoms with Crippen LogP contribution in [0.4, 0.5) is 0 Å². The number of aromatic hydroxyl groups is 1. The lowest BCUT2D eigenvalue weighted by Gasteiger charge is -2.31. The first-order chi connectivity index (χ1) is 7.24. The lowest BCUT2D eigenvalue weighted by atomic mass is 9.77. The van der Waals surface area contributed by atoms with Crippen molar-refractivity contribution in [2.24, 2.45) is 11.7 Å². The number of hydrogen-bond donors (Lipinski definition) is 2. The monoisotopic (exact) mass is 238 g/mol. The molecule has 1 aromatic carbocycles. The SMILES string of the molecule is Cl.N#Cc1cccc([C@@H](N)C2CCC2)c1O. The third-order valence-electron chi connectivity index (χ3n) is 3.20. The Balaban J connectivity index is 0.00000128. The van der Waals surface area contributed by atoms with Crippen molar-refractivity contribution >= 4 is 12.4 Å². The van der Waals surface area contributed by atoms with Crippen molar-refractivity contribution in [3.05, 3.63) is 29.3 Å². The van der Waals surface area contributed by atoms with Gasteiger partial charge in [-0.2, -0.15) is 5.26 Å². The Morgan fingerprint density at radius 1 is 1.44 bits per heavy atom. The van der Waals surface area contributed by atoms with Gasteiger partial charge in [-0.1, -0.05) is 18.6 Å². The van der Waals surface area contributed by atoms with E-state index in [2.05, 4.69) is 0 Å². The molecule has 0 bridgehead atoms. The van der Waals surface area contributed by atoms with E-state index in [9.17, 15) is 5.11 Å². The Labute approximate surface area is 101 Å². The van der Waals surface area contributed by atoms with Gasteiger partial charge in [0, 0.05) is 11.6 Å². The average Bonchev–Trinajstić information content (AvgIpc) is 2.15. The summed E-state index contributed by atoms with van der Waals surface area (Å²) < 4.78 is 0. The van der Waals surface area contributed by atoms with Crippen LogP contribution in [0.15, 0.2) is 18.2 Å². The Hall–Kier alpha value is -1.24. The summed E-state index contributed by atoms with van der Waals surface area (Å²) in [5.41, 5.74) is 7.07. The Morgan fingerprint density at radius 2 is 2.12 bits per heavy atom. The fourth-order valence-corrected chi connectivity index (χ4v) is 1.97. The van der Waals surface area contributed by atoms with Gasteiger partial charge < -0.3 is 10.8 Å². The van der Waals surface area contributed by atoms with Crippen LogP contribution in [0.25, 0.3) is 0 Å². The van der Waals surface area contributed by atoms with E-state index >= 15 is 0 Å². The lowest BCUT2D eigenvalue weighted by molar-refractivity contribution is 0.260. The molecular formula is C12H15ClN2O. The van der Waals surface area contributed by atoms with Gasteiger partial charge in [0.1, 0.15) is 11.8 Å². The van der Waals surface area contributed by atoms with Gasteiger partial charge in [0.05, 0.1) is 5.56 Å². The van der Waals surface area contributed by atoms with E-state index in [1.807, 2.05) is 6.07 Å². The van der Waals surface area contributed by atoms with E-state index < -0.39 is 0 Å². The fraction of sp³-hybridized carbons (Fsp3) is 0.417. The zero-order valence-electron chi connectivity index (χ0n) is 8.89. The average molecular weight is 239 g/mol. The predicted octanol–water partition coefficient (Wildman–Crippen LogP) is 2.49. The Kier molecular flexibility index (Phi) is 4.17. The maximum absolute atomic E-state index is 9.83. The van der Waals surface area contributed by atoms with E-state index in [0.717, 1.165) is 12.8 Å². The summed E-state index contributed by atoms with van der Waals surface area (Å²) >= 11 is 0. The third kappa shape index (κ3) is 2.13. The molecule has 0 unspecified atom stereocenters. The van der Waals surface area contributed by atoms with Crippen molar-refractivity contribution in [3.8, 4) is 11.8 Å². The number of phenolic OH excluding ortho intramolecular Hbond substituents is 1. The minimum Gasteiger partial charge on any atom is -0.506 e. The second kappa shape index (κ2) is 5.20. The molecule has 1 aliphatic carbocycles. The Morgan fingerprint density at radius 3 is 2.62 bits per heavy atom. The molecule has 3 N–H and O–H groups in total. The smallest absolute Gasteiger partial charge is 0.138 e. The molecule has 86 valence electrons. The van der Waals surface area contributed by atoms with Crippen LogP contribution >= 0.6 is 12.4 Å². The topological polar surface area (TPSA) is 70.0 Å². The molecule has 2 rings (SSSR count). The standard InChI is InChI=1S/C12H14N2O.ClH/c13-7-9-5-2-6-10(12(9)15)11(14)8-3-1-4-8;/h2,5-6,8,11,15H,1,3-4,14H2;1H/t11-;/m0./s1. The number of hydrogen-bond acceptors (Lipinski definition) is 3. The van der Waals surface area contributed by atoms with Crippen LogP contribution in [-0.2, 0) is 0 Å². The van der Waals surface area contributed by atoms with Crippen LogP contribution in [-0.4, -0.2) is 5.11 Å². The zero-order valence-corrected chi connectivity index (χ0v) is 9.70. The van der Waals surface area contributed by atoms with Crippen LogP contribution in [0.2, 0.25) is 0 Å². The maximum Gasteiger partial charge on any atom is 0.138 e. The van der Waals surface area contributed by atoms with E-state index in [4.69, 9.17) is 11.0 Å². The molecule has 0 aromatic heterocycles. The maximum atomic E-state index is 9.83. The van der Waals surface area contributed by atoms with Crippen LogP contribution in [0.5, 0.6) is 5.75 Å². The van der Waals surface area contributed by atoms with Crippen molar-refractivity contribution in [2.75, 3.05) is 0 Å². The van der Waals surface area contributed by atoms with Crippen molar-refractivity contribution in [1.82, 2.24) is 0 Å². The number of nitrogens with zero attached hydrogens (tertiary/aromatic N) is 1. The summed E-state index contributed by atoms with van der Waals surface area (Å²) in [4.78, 5) is 0. The normalized spacial score (nSPS) is 16.8. The number of rotatable bonds is 2. The highest BCUT2D eigenvalue weighted by Crippen LogP contribution is 2.39. The molecule has 0 radical (unpaired) electrons. The number of para-hydroxylation sites is 1. The number of nitriles is 1. The van der Waals surface area contributed by atoms with Gasteiger partial charge in [-0.15, -0.1) is 12.4 Å². The number of phenols is 1. The predicted molar refractivity (Wildman–Crippen MR) is 64.3 cm³/mol. The van der Waals surface area contributed by atoms with Crippen molar-refractivity contribution in [1.29, 1.82) is 5.26 Å². The molecule has 16 heavy (non-hydrogen) atoms. The molecule has 1 aliphatic rings. The van der Waals surface area contributed by atoms with Gasteiger partial charge in [-0.25, -0.2) is 0 Å². The second-order valence-corrected chi connectivity index (χ2v) is 4.07. The molecule has 0 spiro atoms. The summed E-state index contributed by atoms with van der Waals surface area (Å²) in [5, 5.41) is 18.6. The molecule has 0 heterocycles. The quantitative estimate of drug-likeness (QED) is 0.832. The molecular weight excluding hydrogens is 224 g/mol. The highest BCUT2D eigenvalue weighted by atomic mass is 35.5. The van der Waals surface area contributed by atoms with E-state index in [1.165, 1.54) is 6.42 Å². The molecule has 1 atom stereocenters. The number of nitrogens with two attached hydrogens (primary N) is 1. The summed E-state index contributed by atoms with van der Waals surface area (Å²) in [6.45, 7) is 0. The summed E-state index contributed by atoms with van der Waals surface area (Å²) in [7, 11) is 0. The third-order valence-corrected chi connectivity index (χ3v) is 3.20. The van der Waals surface area contributed by atoms with E-state index in [1.54, 1.807) is 18.2 Å². The first-order valence-electron chi connectivity index (χ1n) is 5.21. The molecule has 1 saturated carbocycles. The Bertz CT molecular complexity index is 410. The van der Waals surface area contributed by atoms with Crippen LogP contribution < -0.4 is 5.73 Å². The zero-order chi connectivity index (χ0) is 10.8. The van der Waals surface area contributed by atoms with Crippen molar-refractivity contribution < 1.29 is 5.11 Å². The molecule has 4 heteroatoms. The van der Waals surface area contributed by atoms with Gasteiger partial charge in [-0.3, -0.25) is 0 Å². The number of halogens is 1. The fourth-order valence-electron chi connectivity index (χ4n) is 1.97.